The molecule has 2 amide bonds. The van der Waals surface area contributed by atoms with Crippen LogP contribution in [0.5, 0.6) is 5.75 Å². The van der Waals surface area contributed by atoms with E-state index in [0.717, 1.165) is 5.56 Å². The molecule has 0 unspecified atom stereocenters. The highest BCUT2D eigenvalue weighted by molar-refractivity contribution is 7.98. The van der Waals surface area contributed by atoms with Crippen molar-refractivity contribution in [1.82, 2.24) is 10.6 Å². The summed E-state index contributed by atoms with van der Waals surface area (Å²) < 4.78 is 0. The molecule has 0 radical (unpaired) electrons. The molecule has 0 saturated carbocycles. The third-order valence-electron chi connectivity index (χ3n) is 4.22. The third-order valence-corrected chi connectivity index (χ3v) is 5.33. The first-order chi connectivity index (χ1) is 14.4. The second kappa shape index (κ2) is 11.8. The summed E-state index contributed by atoms with van der Waals surface area (Å²) >= 11 is 1.44. The number of nitrogens with one attached hydrogen (secondary N) is 2. The molecule has 0 aliphatic rings. The van der Waals surface area contributed by atoms with E-state index in [9.17, 15) is 24.6 Å². The van der Waals surface area contributed by atoms with E-state index < -0.39 is 29.9 Å². The summed E-state index contributed by atoms with van der Waals surface area (Å²) in [5.74, 6) is -1.33. The molecule has 0 fully saturated rings. The number of nitrogens with two attached hydrogens (primary N) is 1. The Hall–Kier alpha value is -3.04. The number of hydrogen-bond donors (Lipinski definition) is 5. The smallest absolute Gasteiger partial charge is 0.326 e. The van der Waals surface area contributed by atoms with E-state index in [0.29, 0.717) is 11.3 Å². The predicted octanol–water partition coefficient (Wildman–Crippen LogP) is 0.881. The minimum Gasteiger partial charge on any atom is -0.508 e. The Morgan fingerprint density at radius 2 is 1.60 bits per heavy atom. The molecular formula is C21H25N3O5S. The van der Waals surface area contributed by atoms with Crippen LogP contribution < -0.4 is 16.4 Å². The largest absolute Gasteiger partial charge is 0.508 e. The number of aliphatic carboxylic acids is 1. The molecule has 0 saturated heterocycles. The van der Waals surface area contributed by atoms with Crippen LogP contribution in [-0.2, 0) is 26.6 Å². The Morgan fingerprint density at radius 1 is 0.933 bits per heavy atom. The van der Waals surface area contributed by atoms with Crippen molar-refractivity contribution < 1.29 is 24.6 Å². The van der Waals surface area contributed by atoms with Gasteiger partial charge in [-0.15, -0.1) is 0 Å². The maximum absolute atomic E-state index is 12.7. The molecule has 0 spiro atoms. The van der Waals surface area contributed by atoms with Gasteiger partial charge in [0.15, 0.2) is 0 Å². The van der Waals surface area contributed by atoms with Crippen molar-refractivity contribution in [3.8, 4) is 5.75 Å². The zero-order valence-electron chi connectivity index (χ0n) is 16.3. The van der Waals surface area contributed by atoms with Gasteiger partial charge in [0, 0.05) is 17.9 Å². The number of rotatable bonds is 11. The minimum atomic E-state index is -1.20. The maximum Gasteiger partial charge on any atom is 0.326 e. The maximum atomic E-state index is 12.7. The zero-order valence-corrected chi connectivity index (χ0v) is 17.1. The lowest BCUT2D eigenvalue weighted by Gasteiger charge is -2.21. The number of benzene rings is 2. The van der Waals surface area contributed by atoms with Crippen LogP contribution in [0.3, 0.4) is 0 Å². The van der Waals surface area contributed by atoms with Crippen LogP contribution in [0.4, 0.5) is 0 Å². The Balaban J connectivity index is 2.01. The molecule has 2 atom stereocenters. The minimum absolute atomic E-state index is 0.0378. The standard InChI is InChI=1S/C21H25N3O5S/c22-11-19(26)23-18(13-30-12-15-4-2-1-3-5-15)20(27)24-17(21(28)29)10-14-6-8-16(25)9-7-14/h1-9,17-18,25H,10-13,22H2,(H,23,26)(H,24,27)(H,28,29)/t17-,18-/m0/s1. The first kappa shape index (κ1) is 23.2. The van der Waals surface area contributed by atoms with Crippen LogP contribution in [0, 0.1) is 0 Å². The van der Waals surface area contributed by atoms with Crippen molar-refractivity contribution in [2.45, 2.75) is 24.3 Å². The number of carbonyl (C=O) groups is 3. The lowest BCUT2D eigenvalue weighted by molar-refractivity contribution is -0.142. The summed E-state index contributed by atoms with van der Waals surface area (Å²) in [4.78, 5) is 36.1. The Kier molecular flexibility index (Phi) is 9.17. The van der Waals surface area contributed by atoms with Gasteiger partial charge in [-0.05, 0) is 23.3 Å². The summed E-state index contributed by atoms with van der Waals surface area (Å²) in [5.41, 5.74) is 7.05. The summed E-state index contributed by atoms with van der Waals surface area (Å²) in [6, 6.07) is 13.6. The number of phenolic OH excluding ortho intramolecular Hbond substituents is 1. The molecule has 160 valence electrons. The van der Waals surface area contributed by atoms with Gasteiger partial charge in [-0.25, -0.2) is 4.79 Å². The van der Waals surface area contributed by atoms with Gasteiger partial charge in [0.05, 0.1) is 6.54 Å². The molecule has 2 rings (SSSR count). The molecular weight excluding hydrogens is 406 g/mol. The van der Waals surface area contributed by atoms with E-state index in [1.54, 1.807) is 12.1 Å². The second-order valence-electron chi connectivity index (χ2n) is 6.59. The number of thioether (sulfide) groups is 1. The van der Waals surface area contributed by atoms with Gasteiger partial charge in [0.1, 0.15) is 17.8 Å². The van der Waals surface area contributed by atoms with Crippen LogP contribution >= 0.6 is 11.8 Å². The molecule has 0 aliphatic carbocycles. The van der Waals surface area contributed by atoms with E-state index in [2.05, 4.69) is 10.6 Å². The number of hydrogen-bond acceptors (Lipinski definition) is 6. The van der Waals surface area contributed by atoms with E-state index in [4.69, 9.17) is 5.73 Å². The third kappa shape index (κ3) is 7.76. The molecule has 0 aliphatic heterocycles. The molecule has 0 heterocycles. The number of carboxylic acids is 1. The molecule has 2 aromatic rings. The highest BCUT2D eigenvalue weighted by atomic mass is 32.2. The quantitative estimate of drug-likeness (QED) is 0.355. The van der Waals surface area contributed by atoms with Gasteiger partial charge in [0.25, 0.3) is 0 Å². The summed E-state index contributed by atoms with van der Waals surface area (Å²) in [6.45, 7) is -0.275. The molecule has 8 nitrogen and oxygen atoms in total. The lowest BCUT2D eigenvalue weighted by atomic mass is 10.1. The average Bonchev–Trinajstić information content (AvgIpc) is 2.74. The van der Waals surface area contributed by atoms with Crippen LogP contribution in [0.2, 0.25) is 0 Å². The zero-order chi connectivity index (χ0) is 21.9. The Bertz CT molecular complexity index is 845. The van der Waals surface area contributed by atoms with Crippen molar-refractivity contribution in [3.63, 3.8) is 0 Å². The van der Waals surface area contributed by atoms with E-state index in [1.165, 1.54) is 23.9 Å². The average molecular weight is 432 g/mol. The fraction of sp³-hybridized carbons (Fsp3) is 0.286. The number of amides is 2. The van der Waals surface area contributed by atoms with Gasteiger partial charge in [0.2, 0.25) is 11.8 Å². The highest BCUT2D eigenvalue weighted by Crippen LogP contribution is 2.14. The fourth-order valence-corrected chi connectivity index (χ4v) is 3.66. The molecule has 2 aromatic carbocycles. The van der Waals surface area contributed by atoms with Gasteiger partial charge in [-0.3, -0.25) is 9.59 Å². The van der Waals surface area contributed by atoms with Crippen molar-refractivity contribution in [2.75, 3.05) is 12.3 Å². The lowest BCUT2D eigenvalue weighted by Crippen LogP contribution is -2.54. The molecule has 0 bridgehead atoms. The van der Waals surface area contributed by atoms with Gasteiger partial charge >= 0.3 is 5.97 Å². The van der Waals surface area contributed by atoms with Gasteiger partial charge in [-0.2, -0.15) is 11.8 Å². The van der Waals surface area contributed by atoms with E-state index in [-0.39, 0.29) is 24.5 Å². The van der Waals surface area contributed by atoms with Gasteiger partial charge < -0.3 is 26.6 Å². The summed E-state index contributed by atoms with van der Waals surface area (Å²) in [7, 11) is 0. The summed E-state index contributed by atoms with van der Waals surface area (Å²) in [6.07, 6.45) is 0.0378. The number of phenols is 1. The van der Waals surface area contributed by atoms with Crippen molar-refractivity contribution in [3.05, 3.63) is 65.7 Å². The summed E-state index contributed by atoms with van der Waals surface area (Å²) in [5, 5.41) is 23.9. The molecule has 30 heavy (non-hydrogen) atoms. The van der Waals surface area contributed by atoms with Crippen molar-refractivity contribution in [1.29, 1.82) is 0 Å². The van der Waals surface area contributed by atoms with Gasteiger partial charge in [-0.1, -0.05) is 42.5 Å². The van der Waals surface area contributed by atoms with E-state index in [1.807, 2.05) is 30.3 Å². The van der Waals surface area contributed by atoms with Crippen LogP contribution in [0.1, 0.15) is 11.1 Å². The number of carboxylic acid groups (broad SMARTS) is 1. The monoisotopic (exact) mass is 431 g/mol. The normalized spacial score (nSPS) is 12.6. The van der Waals surface area contributed by atoms with Crippen LogP contribution in [0.15, 0.2) is 54.6 Å². The predicted molar refractivity (Wildman–Crippen MR) is 115 cm³/mol. The number of carbonyl (C=O) groups excluding carboxylic acids is 2. The second-order valence-corrected chi connectivity index (χ2v) is 7.63. The Labute approximate surface area is 178 Å². The SMILES string of the molecule is NCC(=O)N[C@@H](CSCc1ccccc1)C(=O)N[C@@H](Cc1ccc(O)cc1)C(=O)O. The molecule has 0 aromatic heterocycles. The molecule has 9 heteroatoms. The fourth-order valence-electron chi connectivity index (χ4n) is 2.65. The first-order valence-electron chi connectivity index (χ1n) is 9.31. The highest BCUT2D eigenvalue weighted by Gasteiger charge is 2.26. The number of aromatic hydroxyl groups is 1. The van der Waals surface area contributed by atoms with Crippen molar-refractivity contribution >= 4 is 29.5 Å². The topological polar surface area (TPSA) is 142 Å². The Morgan fingerprint density at radius 3 is 2.20 bits per heavy atom. The van der Waals surface area contributed by atoms with Crippen LogP contribution in [0.25, 0.3) is 0 Å². The molecule has 6 N–H and O–H groups in total. The van der Waals surface area contributed by atoms with E-state index >= 15 is 0 Å². The van der Waals surface area contributed by atoms with Crippen LogP contribution in [-0.4, -0.2) is 52.4 Å². The first-order valence-corrected chi connectivity index (χ1v) is 10.5. The van der Waals surface area contributed by atoms with Crippen molar-refractivity contribution in [2.24, 2.45) is 5.73 Å².